The first-order valence-electron chi connectivity index (χ1n) is 6.17. The van der Waals surface area contributed by atoms with Crippen molar-refractivity contribution >= 4 is 23.3 Å². The number of methoxy groups -OCH3 is 1. The van der Waals surface area contributed by atoms with E-state index in [1.54, 1.807) is 13.0 Å². The highest BCUT2D eigenvalue weighted by Gasteiger charge is 2.33. The molecular weight excluding hydrogens is 307 g/mol. The van der Waals surface area contributed by atoms with E-state index in [2.05, 4.69) is 10.1 Å². The van der Waals surface area contributed by atoms with E-state index >= 15 is 0 Å². The minimum atomic E-state index is -4.51. The minimum absolute atomic E-state index is 0.206. The zero-order valence-corrected chi connectivity index (χ0v) is 12.3. The Morgan fingerprint density at radius 1 is 1.43 bits per heavy atom. The van der Waals surface area contributed by atoms with Gasteiger partial charge in [0.1, 0.15) is 0 Å². The summed E-state index contributed by atoms with van der Waals surface area (Å²) in [5.74, 6) is -0.452. The van der Waals surface area contributed by atoms with E-state index < -0.39 is 17.7 Å². The van der Waals surface area contributed by atoms with E-state index in [1.165, 1.54) is 19.2 Å². The van der Waals surface area contributed by atoms with E-state index in [0.29, 0.717) is 12.0 Å². The van der Waals surface area contributed by atoms with Gasteiger partial charge in [-0.25, -0.2) is 4.79 Å². The van der Waals surface area contributed by atoms with Crippen LogP contribution >= 0.6 is 11.6 Å². The second-order valence-corrected chi connectivity index (χ2v) is 4.55. The molecule has 0 aliphatic carbocycles. The molecule has 0 aromatic heterocycles. The van der Waals surface area contributed by atoms with Gasteiger partial charge in [0, 0.05) is 17.8 Å². The van der Waals surface area contributed by atoms with Gasteiger partial charge in [0.05, 0.1) is 17.7 Å². The first-order chi connectivity index (χ1) is 9.79. The number of hydrogen-bond donors (Lipinski definition) is 1. The second-order valence-electron chi connectivity index (χ2n) is 4.15. The van der Waals surface area contributed by atoms with Crippen molar-refractivity contribution in [2.75, 3.05) is 19.0 Å². The summed E-state index contributed by atoms with van der Waals surface area (Å²) in [4.78, 5) is 11.3. The number of benzene rings is 1. The second kappa shape index (κ2) is 7.36. The lowest BCUT2D eigenvalue weighted by molar-refractivity contribution is -0.137. The van der Waals surface area contributed by atoms with Crippen molar-refractivity contribution in [1.82, 2.24) is 0 Å². The Balaban J connectivity index is 2.81. The fourth-order valence-electron chi connectivity index (χ4n) is 1.65. The van der Waals surface area contributed by atoms with Gasteiger partial charge in [0.15, 0.2) is 0 Å². The molecule has 1 aromatic rings. The number of rotatable bonds is 5. The molecule has 0 unspecified atom stereocenters. The maximum Gasteiger partial charge on any atom is 0.417 e. The van der Waals surface area contributed by atoms with Crippen molar-refractivity contribution in [3.05, 3.63) is 40.4 Å². The summed E-state index contributed by atoms with van der Waals surface area (Å²) in [5, 5.41) is 2.43. The Labute approximate surface area is 125 Å². The third kappa shape index (κ3) is 4.97. The van der Waals surface area contributed by atoms with Gasteiger partial charge >= 0.3 is 12.1 Å². The molecular formula is C14H15ClF3NO2. The summed E-state index contributed by atoms with van der Waals surface area (Å²) >= 11 is 5.53. The van der Waals surface area contributed by atoms with Gasteiger partial charge in [0.2, 0.25) is 0 Å². The zero-order chi connectivity index (χ0) is 16.0. The molecule has 0 aliphatic rings. The molecule has 1 rings (SSSR count). The Morgan fingerprint density at radius 3 is 2.62 bits per heavy atom. The summed E-state index contributed by atoms with van der Waals surface area (Å²) in [6, 6.07) is 3.55. The van der Waals surface area contributed by atoms with E-state index in [-0.39, 0.29) is 17.3 Å². The Morgan fingerprint density at radius 2 is 2.10 bits per heavy atom. The average molecular weight is 322 g/mol. The monoisotopic (exact) mass is 321 g/mol. The van der Waals surface area contributed by atoms with Gasteiger partial charge in [-0.1, -0.05) is 24.6 Å². The molecule has 0 amide bonds. The fraction of sp³-hybridized carbons (Fsp3) is 0.357. The zero-order valence-electron chi connectivity index (χ0n) is 11.6. The van der Waals surface area contributed by atoms with Crippen molar-refractivity contribution < 1.29 is 22.7 Å². The standard InChI is InChI=1S/C14H15ClF3NO2/c1-3-9(13(20)21-2)6-7-19-10-4-5-12(15)11(8-10)14(16,17)18/h4-6,8,19H,3,7H2,1-2H3/b9-6-. The number of esters is 1. The number of halogens is 4. The van der Waals surface area contributed by atoms with Crippen LogP contribution in [0.5, 0.6) is 0 Å². The molecule has 0 saturated carbocycles. The molecule has 0 fully saturated rings. The number of carbonyl (C=O) groups excluding carboxylic acids is 1. The predicted molar refractivity (Wildman–Crippen MR) is 75.3 cm³/mol. The largest absolute Gasteiger partial charge is 0.466 e. The normalized spacial score (nSPS) is 12.2. The van der Waals surface area contributed by atoms with Crippen molar-refractivity contribution in [2.24, 2.45) is 0 Å². The molecule has 21 heavy (non-hydrogen) atoms. The maximum absolute atomic E-state index is 12.7. The lowest BCUT2D eigenvalue weighted by Crippen LogP contribution is -2.09. The summed E-state index contributed by atoms with van der Waals surface area (Å²) in [5.41, 5.74) is -0.180. The molecule has 0 radical (unpaired) electrons. The Kier molecular flexibility index (Phi) is 6.08. The van der Waals surface area contributed by atoms with Gasteiger partial charge in [-0.05, 0) is 24.6 Å². The number of nitrogens with one attached hydrogen (secondary N) is 1. The molecule has 0 spiro atoms. The van der Waals surface area contributed by atoms with Crippen LogP contribution in [0, 0.1) is 0 Å². The first kappa shape index (κ1) is 17.4. The van der Waals surface area contributed by atoms with E-state index in [4.69, 9.17) is 11.6 Å². The average Bonchev–Trinajstić information content (AvgIpc) is 2.43. The highest BCUT2D eigenvalue weighted by Crippen LogP contribution is 2.36. The lowest BCUT2D eigenvalue weighted by Gasteiger charge is -2.12. The molecule has 0 saturated heterocycles. The number of hydrogen-bond acceptors (Lipinski definition) is 3. The predicted octanol–water partition coefficient (Wildman–Crippen LogP) is 4.28. The molecule has 1 aromatic carbocycles. The van der Waals surface area contributed by atoms with Crippen molar-refractivity contribution in [3.63, 3.8) is 0 Å². The van der Waals surface area contributed by atoms with Gasteiger partial charge in [-0.2, -0.15) is 13.2 Å². The highest BCUT2D eigenvalue weighted by atomic mass is 35.5. The number of anilines is 1. The molecule has 0 heterocycles. The van der Waals surface area contributed by atoms with Crippen molar-refractivity contribution in [2.45, 2.75) is 19.5 Å². The van der Waals surface area contributed by atoms with Crippen LogP contribution in [0.4, 0.5) is 18.9 Å². The van der Waals surface area contributed by atoms with Gasteiger partial charge in [0.25, 0.3) is 0 Å². The quantitative estimate of drug-likeness (QED) is 0.650. The molecule has 116 valence electrons. The van der Waals surface area contributed by atoms with Crippen LogP contribution in [0.25, 0.3) is 0 Å². The topological polar surface area (TPSA) is 38.3 Å². The van der Waals surface area contributed by atoms with Crippen molar-refractivity contribution in [3.8, 4) is 0 Å². The molecule has 7 heteroatoms. The Bertz CT molecular complexity index is 542. The van der Waals surface area contributed by atoms with E-state index in [1.807, 2.05) is 0 Å². The van der Waals surface area contributed by atoms with Crippen LogP contribution in [-0.2, 0) is 15.7 Å². The lowest BCUT2D eigenvalue weighted by atomic mass is 10.1. The number of ether oxygens (including phenoxy) is 1. The smallest absolute Gasteiger partial charge is 0.417 e. The maximum atomic E-state index is 12.7. The third-order valence-corrected chi connectivity index (χ3v) is 3.08. The van der Waals surface area contributed by atoms with Gasteiger partial charge in [-0.15, -0.1) is 0 Å². The number of alkyl halides is 3. The third-order valence-electron chi connectivity index (χ3n) is 2.75. The van der Waals surface area contributed by atoms with Crippen LogP contribution in [0.1, 0.15) is 18.9 Å². The van der Waals surface area contributed by atoms with E-state index in [9.17, 15) is 18.0 Å². The van der Waals surface area contributed by atoms with Crippen molar-refractivity contribution in [1.29, 1.82) is 0 Å². The molecule has 3 nitrogen and oxygen atoms in total. The Hall–Kier alpha value is -1.69. The molecule has 0 aliphatic heterocycles. The summed E-state index contributed by atoms with van der Waals surface area (Å²) in [6.45, 7) is 1.99. The van der Waals surface area contributed by atoms with Crippen LogP contribution < -0.4 is 5.32 Å². The molecule has 0 bridgehead atoms. The SMILES string of the molecule is CC/C(=C/CNc1ccc(Cl)c(C(F)(F)F)c1)C(=O)OC. The minimum Gasteiger partial charge on any atom is -0.466 e. The van der Waals surface area contributed by atoms with Gasteiger partial charge in [-0.3, -0.25) is 0 Å². The summed E-state index contributed by atoms with van der Waals surface area (Å²) in [6.07, 6.45) is -2.46. The summed E-state index contributed by atoms with van der Waals surface area (Å²) < 4.78 is 42.7. The fourth-order valence-corrected chi connectivity index (χ4v) is 1.87. The van der Waals surface area contributed by atoms with Crippen LogP contribution in [0.2, 0.25) is 5.02 Å². The summed E-state index contributed by atoms with van der Waals surface area (Å²) in [7, 11) is 1.27. The highest BCUT2D eigenvalue weighted by molar-refractivity contribution is 6.31. The van der Waals surface area contributed by atoms with E-state index in [0.717, 1.165) is 6.07 Å². The van der Waals surface area contributed by atoms with Crippen LogP contribution in [-0.4, -0.2) is 19.6 Å². The number of carbonyl (C=O) groups is 1. The first-order valence-corrected chi connectivity index (χ1v) is 6.55. The molecule has 0 atom stereocenters. The van der Waals surface area contributed by atoms with Crippen LogP contribution in [0.15, 0.2) is 29.8 Å². The molecule has 1 N–H and O–H groups in total. The van der Waals surface area contributed by atoms with Crippen LogP contribution in [0.3, 0.4) is 0 Å². The van der Waals surface area contributed by atoms with Gasteiger partial charge < -0.3 is 10.1 Å².